The molecule has 0 heterocycles. The predicted molar refractivity (Wildman–Crippen MR) is 147 cm³/mol. The highest BCUT2D eigenvalue weighted by molar-refractivity contribution is 7.92. The molecule has 9 heteroatoms. The first-order chi connectivity index (χ1) is 17.3. The van der Waals surface area contributed by atoms with Crippen molar-refractivity contribution in [3.8, 4) is 5.75 Å². The summed E-state index contributed by atoms with van der Waals surface area (Å²) in [5, 5.41) is 4.48. The molecule has 198 valence electrons. The van der Waals surface area contributed by atoms with Gasteiger partial charge in [-0.05, 0) is 56.8 Å². The Hall–Kier alpha value is -3.59. The van der Waals surface area contributed by atoms with Crippen LogP contribution < -0.4 is 14.4 Å². The van der Waals surface area contributed by atoms with E-state index >= 15 is 0 Å². The Labute approximate surface area is 219 Å². The first kappa shape index (κ1) is 28.0. The lowest BCUT2D eigenvalue weighted by molar-refractivity contribution is -0.140. The summed E-state index contributed by atoms with van der Waals surface area (Å²) in [5.74, 6) is -0.220. The van der Waals surface area contributed by atoms with Crippen LogP contribution in [0.25, 0.3) is 10.8 Å². The first-order valence-corrected chi connectivity index (χ1v) is 13.8. The summed E-state index contributed by atoms with van der Waals surface area (Å²) in [6.07, 6.45) is 1.07. The minimum atomic E-state index is -3.83. The number of ether oxygens (including phenoxy) is 1. The quantitative estimate of drug-likeness (QED) is 0.457. The second kappa shape index (κ2) is 11.2. The lowest BCUT2D eigenvalue weighted by Crippen LogP contribution is -2.54. The molecule has 1 atom stereocenters. The topological polar surface area (TPSA) is 96.0 Å². The van der Waals surface area contributed by atoms with Crippen LogP contribution in [-0.2, 0) is 26.2 Å². The number of methoxy groups -OCH3 is 1. The van der Waals surface area contributed by atoms with Crippen molar-refractivity contribution in [1.29, 1.82) is 0 Å². The van der Waals surface area contributed by atoms with Crippen LogP contribution in [0.1, 0.15) is 33.3 Å². The fraction of sp³-hybridized carbons (Fsp3) is 0.357. The molecule has 0 aromatic heterocycles. The third kappa shape index (κ3) is 7.22. The lowest BCUT2D eigenvalue weighted by atomic mass is 10.1. The number of hydrogen-bond acceptors (Lipinski definition) is 5. The Balaban J connectivity index is 2.01. The van der Waals surface area contributed by atoms with Gasteiger partial charge in [0.05, 0.1) is 19.1 Å². The van der Waals surface area contributed by atoms with Crippen molar-refractivity contribution < 1.29 is 22.7 Å². The summed E-state index contributed by atoms with van der Waals surface area (Å²) in [6, 6.07) is 19.1. The highest BCUT2D eigenvalue weighted by atomic mass is 32.2. The third-order valence-corrected chi connectivity index (χ3v) is 6.99. The SMILES string of the molecule is COc1cccc(CN(C(=O)CN(c2cccc3ccccc23)S(C)(=O)=O)[C@H](C)C(=O)NC(C)(C)C)c1. The van der Waals surface area contributed by atoms with Gasteiger partial charge >= 0.3 is 0 Å². The van der Waals surface area contributed by atoms with Crippen LogP contribution in [0.4, 0.5) is 5.69 Å². The lowest BCUT2D eigenvalue weighted by Gasteiger charge is -2.33. The number of nitrogens with zero attached hydrogens (tertiary/aromatic N) is 2. The van der Waals surface area contributed by atoms with Crippen molar-refractivity contribution in [2.75, 3.05) is 24.2 Å². The zero-order valence-corrected chi connectivity index (χ0v) is 23.0. The molecule has 37 heavy (non-hydrogen) atoms. The molecule has 0 aliphatic rings. The summed E-state index contributed by atoms with van der Waals surface area (Å²) in [7, 11) is -2.28. The minimum absolute atomic E-state index is 0.0991. The van der Waals surface area contributed by atoms with Gasteiger partial charge in [-0.25, -0.2) is 8.42 Å². The van der Waals surface area contributed by atoms with Crippen LogP contribution in [0.15, 0.2) is 66.7 Å². The van der Waals surface area contributed by atoms with E-state index in [0.717, 1.165) is 21.5 Å². The molecule has 0 saturated carbocycles. The van der Waals surface area contributed by atoms with Crippen molar-refractivity contribution in [1.82, 2.24) is 10.2 Å². The fourth-order valence-corrected chi connectivity index (χ4v) is 4.91. The van der Waals surface area contributed by atoms with E-state index in [4.69, 9.17) is 4.74 Å². The largest absolute Gasteiger partial charge is 0.497 e. The molecule has 3 rings (SSSR count). The molecule has 0 aliphatic carbocycles. The molecule has 8 nitrogen and oxygen atoms in total. The van der Waals surface area contributed by atoms with Gasteiger partial charge in [0.1, 0.15) is 18.3 Å². The van der Waals surface area contributed by atoms with Gasteiger partial charge in [0.2, 0.25) is 21.8 Å². The van der Waals surface area contributed by atoms with E-state index in [0.29, 0.717) is 16.8 Å². The van der Waals surface area contributed by atoms with Gasteiger partial charge in [-0.1, -0.05) is 48.5 Å². The normalized spacial score (nSPS) is 12.6. The van der Waals surface area contributed by atoms with E-state index in [2.05, 4.69) is 5.32 Å². The van der Waals surface area contributed by atoms with E-state index in [1.165, 1.54) is 4.90 Å². The maximum atomic E-state index is 13.8. The molecule has 0 fully saturated rings. The van der Waals surface area contributed by atoms with Gasteiger partial charge in [0.15, 0.2) is 0 Å². The predicted octanol–water partition coefficient (Wildman–Crippen LogP) is 3.95. The first-order valence-electron chi connectivity index (χ1n) is 12.0. The number of anilines is 1. The summed E-state index contributed by atoms with van der Waals surface area (Å²) < 4.78 is 32.3. The number of hydrogen-bond donors (Lipinski definition) is 1. The zero-order valence-electron chi connectivity index (χ0n) is 22.2. The number of carbonyl (C=O) groups is 2. The maximum absolute atomic E-state index is 13.8. The van der Waals surface area contributed by atoms with Crippen molar-refractivity contribution in [2.45, 2.75) is 45.8 Å². The number of amides is 2. The van der Waals surface area contributed by atoms with Crippen LogP contribution in [0.2, 0.25) is 0 Å². The standard InChI is InChI=1S/C28H35N3O5S/c1-20(27(33)29-28(2,3)4)30(18-21-11-9-14-23(17-21)36-5)26(32)19-31(37(6,34)35)25-16-10-13-22-12-7-8-15-24(22)25/h7-17,20H,18-19H2,1-6H3,(H,29,33)/t20-/m1/s1. The molecule has 0 spiro atoms. The Morgan fingerprint density at radius 1 is 1.00 bits per heavy atom. The molecule has 1 N–H and O–H groups in total. The molecule has 0 aliphatic heterocycles. The number of rotatable bonds is 9. The Morgan fingerprint density at radius 2 is 1.65 bits per heavy atom. The summed E-state index contributed by atoms with van der Waals surface area (Å²) >= 11 is 0. The smallest absolute Gasteiger partial charge is 0.244 e. The van der Waals surface area contributed by atoms with E-state index in [9.17, 15) is 18.0 Å². The second-order valence-electron chi connectivity index (χ2n) is 10.1. The molecular weight excluding hydrogens is 490 g/mol. The van der Waals surface area contributed by atoms with E-state index in [1.807, 2.05) is 57.2 Å². The average Bonchev–Trinajstić information content (AvgIpc) is 2.83. The fourth-order valence-electron chi connectivity index (χ4n) is 4.04. The molecule has 3 aromatic rings. The Morgan fingerprint density at radius 3 is 2.30 bits per heavy atom. The van der Waals surface area contributed by atoms with E-state index < -0.39 is 34.1 Å². The number of nitrogens with one attached hydrogen (secondary N) is 1. The third-order valence-electron chi connectivity index (χ3n) is 5.87. The van der Waals surface area contributed by atoms with Gasteiger partial charge in [-0.15, -0.1) is 0 Å². The van der Waals surface area contributed by atoms with Crippen molar-refractivity contribution >= 4 is 38.3 Å². The number of carbonyl (C=O) groups excluding carboxylic acids is 2. The Bertz CT molecular complexity index is 1380. The monoisotopic (exact) mass is 525 g/mol. The average molecular weight is 526 g/mol. The van der Waals surface area contributed by atoms with Crippen molar-refractivity contribution in [2.24, 2.45) is 0 Å². The highest BCUT2D eigenvalue weighted by Gasteiger charge is 2.31. The highest BCUT2D eigenvalue weighted by Crippen LogP contribution is 2.29. The van der Waals surface area contributed by atoms with Gasteiger partial charge in [0, 0.05) is 17.5 Å². The van der Waals surface area contributed by atoms with Crippen LogP contribution in [-0.4, -0.2) is 56.6 Å². The van der Waals surface area contributed by atoms with Crippen molar-refractivity contribution in [3.05, 3.63) is 72.3 Å². The summed E-state index contributed by atoms with van der Waals surface area (Å²) in [5.41, 5.74) is 0.652. The maximum Gasteiger partial charge on any atom is 0.244 e. The number of benzene rings is 3. The van der Waals surface area contributed by atoms with Gasteiger partial charge in [0.25, 0.3) is 0 Å². The molecule has 2 amide bonds. The molecule has 0 bridgehead atoms. The van der Waals surface area contributed by atoms with Crippen molar-refractivity contribution in [3.63, 3.8) is 0 Å². The summed E-state index contributed by atoms with van der Waals surface area (Å²) in [4.78, 5) is 28.3. The van der Waals surface area contributed by atoms with E-state index in [1.54, 1.807) is 44.4 Å². The molecule has 0 unspecified atom stereocenters. The zero-order chi connectivity index (χ0) is 27.4. The van der Waals surface area contributed by atoms with Gasteiger partial charge in [-0.2, -0.15) is 0 Å². The van der Waals surface area contributed by atoms with Crippen LogP contribution in [0.3, 0.4) is 0 Å². The molecule has 0 radical (unpaired) electrons. The van der Waals surface area contributed by atoms with Crippen LogP contribution >= 0.6 is 0 Å². The van der Waals surface area contributed by atoms with Crippen LogP contribution in [0.5, 0.6) is 5.75 Å². The molecule has 3 aromatic carbocycles. The minimum Gasteiger partial charge on any atom is -0.497 e. The number of sulfonamides is 1. The van der Waals surface area contributed by atoms with Gasteiger partial charge in [-0.3, -0.25) is 13.9 Å². The summed E-state index contributed by atoms with van der Waals surface area (Å²) in [6.45, 7) is 6.86. The number of fused-ring (bicyclic) bond motifs is 1. The van der Waals surface area contributed by atoms with Crippen LogP contribution in [0, 0.1) is 0 Å². The Kier molecular flexibility index (Phi) is 8.48. The molecule has 0 saturated heterocycles. The van der Waals surface area contributed by atoms with Gasteiger partial charge < -0.3 is 15.0 Å². The van der Waals surface area contributed by atoms with E-state index in [-0.39, 0.29) is 12.5 Å². The second-order valence-corrected chi connectivity index (χ2v) is 12.0. The molecular formula is C28H35N3O5S.